The van der Waals surface area contributed by atoms with Gasteiger partial charge in [-0.3, -0.25) is 14.6 Å². The summed E-state index contributed by atoms with van der Waals surface area (Å²) in [6.45, 7) is 1.07. The summed E-state index contributed by atoms with van der Waals surface area (Å²) in [7, 11) is 0. The van der Waals surface area contributed by atoms with Crippen molar-refractivity contribution in [1.82, 2.24) is 10.3 Å². The van der Waals surface area contributed by atoms with Crippen LogP contribution < -0.4 is 10.2 Å². The molecule has 1 aliphatic heterocycles. The van der Waals surface area contributed by atoms with Gasteiger partial charge in [-0.2, -0.15) is 11.3 Å². The number of anilines is 1. The molecule has 3 rings (SSSR count). The Labute approximate surface area is 133 Å². The predicted octanol–water partition coefficient (Wildman–Crippen LogP) is 2.24. The van der Waals surface area contributed by atoms with Crippen molar-refractivity contribution in [1.29, 1.82) is 0 Å². The number of hydrogen-bond donors (Lipinski definition) is 1. The molecular formula is C16H17N3O2S. The van der Waals surface area contributed by atoms with Crippen LogP contribution in [0.1, 0.15) is 28.9 Å². The third kappa shape index (κ3) is 3.17. The van der Waals surface area contributed by atoms with Crippen LogP contribution in [0.5, 0.6) is 0 Å². The first-order valence-corrected chi connectivity index (χ1v) is 8.24. The summed E-state index contributed by atoms with van der Waals surface area (Å²) >= 11 is 1.48. The first kappa shape index (κ1) is 14.7. The highest BCUT2D eigenvalue weighted by Gasteiger charge is 2.22. The lowest BCUT2D eigenvalue weighted by Gasteiger charge is -2.28. The molecule has 0 saturated heterocycles. The van der Waals surface area contributed by atoms with E-state index in [1.807, 2.05) is 17.5 Å². The smallest absolute Gasteiger partial charge is 0.252 e. The van der Waals surface area contributed by atoms with Crippen molar-refractivity contribution < 1.29 is 9.59 Å². The van der Waals surface area contributed by atoms with Gasteiger partial charge >= 0.3 is 0 Å². The topological polar surface area (TPSA) is 62.3 Å². The van der Waals surface area contributed by atoms with Crippen molar-refractivity contribution in [2.45, 2.75) is 19.3 Å². The maximum absolute atomic E-state index is 12.4. The summed E-state index contributed by atoms with van der Waals surface area (Å²) in [5.74, 6) is -0.102. The van der Waals surface area contributed by atoms with Crippen molar-refractivity contribution in [2.75, 3.05) is 18.0 Å². The Hall–Kier alpha value is -2.21. The zero-order valence-corrected chi connectivity index (χ0v) is 12.9. The minimum absolute atomic E-state index is 0.0274. The number of thiophene rings is 1. The third-order valence-corrected chi connectivity index (χ3v) is 4.34. The molecule has 0 fully saturated rings. The van der Waals surface area contributed by atoms with Crippen LogP contribution in [0.2, 0.25) is 0 Å². The number of pyridine rings is 1. The summed E-state index contributed by atoms with van der Waals surface area (Å²) in [6.07, 6.45) is 3.89. The van der Waals surface area contributed by atoms with E-state index in [4.69, 9.17) is 0 Å². The fraction of sp³-hybridized carbons (Fsp3) is 0.312. The van der Waals surface area contributed by atoms with Crippen molar-refractivity contribution in [3.8, 4) is 0 Å². The summed E-state index contributed by atoms with van der Waals surface area (Å²) in [6, 6.07) is 5.56. The number of nitrogens with one attached hydrogen (secondary N) is 1. The zero-order chi connectivity index (χ0) is 15.4. The van der Waals surface area contributed by atoms with Crippen LogP contribution in [0.15, 0.2) is 35.2 Å². The Morgan fingerprint density at radius 3 is 3.09 bits per heavy atom. The maximum atomic E-state index is 12.4. The minimum Gasteiger partial charge on any atom is -0.351 e. The molecule has 0 atom stereocenters. The zero-order valence-electron chi connectivity index (χ0n) is 12.1. The number of aryl methyl sites for hydroxylation is 1. The van der Waals surface area contributed by atoms with Crippen LogP contribution in [-0.2, 0) is 11.2 Å². The molecule has 0 aliphatic carbocycles. The number of aromatic nitrogens is 1. The molecule has 22 heavy (non-hydrogen) atoms. The van der Waals surface area contributed by atoms with E-state index in [9.17, 15) is 9.59 Å². The Morgan fingerprint density at radius 2 is 2.27 bits per heavy atom. The average molecular weight is 315 g/mol. The lowest BCUT2D eigenvalue weighted by molar-refractivity contribution is -0.118. The van der Waals surface area contributed by atoms with E-state index in [-0.39, 0.29) is 11.8 Å². The van der Waals surface area contributed by atoms with Crippen molar-refractivity contribution in [2.24, 2.45) is 0 Å². The highest BCUT2D eigenvalue weighted by Crippen LogP contribution is 2.25. The molecule has 1 aliphatic rings. The first-order chi connectivity index (χ1) is 10.8. The molecule has 0 aromatic carbocycles. The Balaban J connectivity index is 1.56. The molecule has 5 nitrogen and oxygen atoms in total. The lowest BCUT2D eigenvalue weighted by Crippen LogP contribution is -2.38. The van der Waals surface area contributed by atoms with Crippen molar-refractivity contribution in [3.05, 3.63) is 46.4 Å². The summed E-state index contributed by atoms with van der Waals surface area (Å²) in [4.78, 5) is 30.3. The molecule has 0 spiro atoms. The summed E-state index contributed by atoms with van der Waals surface area (Å²) < 4.78 is 0. The molecule has 0 unspecified atom stereocenters. The summed E-state index contributed by atoms with van der Waals surface area (Å²) in [5.41, 5.74) is 2.53. The van der Waals surface area contributed by atoms with Gasteiger partial charge in [-0.1, -0.05) is 0 Å². The van der Waals surface area contributed by atoms with E-state index in [0.717, 1.165) is 30.8 Å². The molecule has 0 saturated carbocycles. The number of nitrogens with zero attached hydrogens (tertiary/aromatic N) is 2. The molecule has 2 aromatic rings. The minimum atomic E-state index is -0.130. The normalized spacial score (nSPS) is 13.5. The third-order valence-electron chi connectivity index (χ3n) is 3.66. The number of fused-ring (bicyclic) bond motifs is 1. The number of carbonyl (C=O) groups is 2. The molecule has 0 bridgehead atoms. The van der Waals surface area contributed by atoms with Gasteiger partial charge in [-0.25, -0.2) is 0 Å². The summed E-state index contributed by atoms with van der Waals surface area (Å²) in [5, 5.41) is 6.44. The van der Waals surface area contributed by atoms with E-state index in [1.165, 1.54) is 11.3 Å². The fourth-order valence-corrected chi connectivity index (χ4v) is 3.20. The Bertz CT molecular complexity index is 670. The molecule has 2 amide bonds. The lowest BCUT2D eigenvalue weighted by atomic mass is 10.1. The number of carbonyl (C=O) groups excluding carboxylic acids is 2. The van der Waals surface area contributed by atoms with E-state index in [0.29, 0.717) is 18.5 Å². The molecule has 2 aromatic heterocycles. The van der Waals surface area contributed by atoms with E-state index in [2.05, 4.69) is 10.3 Å². The standard InChI is InChI=1S/C16H17N3O2S/c20-15(5-8-18-16(21)12-6-10-22-11-12)19-9-2-3-13-14(19)4-1-7-17-13/h1,4,6-7,10-11H,2-3,5,8-9H2,(H,18,21). The van der Waals surface area contributed by atoms with Crippen molar-refractivity contribution >= 4 is 28.8 Å². The van der Waals surface area contributed by atoms with Gasteiger partial charge in [0.25, 0.3) is 5.91 Å². The Morgan fingerprint density at radius 1 is 1.36 bits per heavy atom. The second kappa shape index (κ2) is 6.70. The monoisotopic (exact) mass is 315 g/mol. The number of rotatable bonds is 4. The molecule has 1 N–H and O–H groups in total. The van der Waals surface area contributed by atoms with Gasteiger partial charge in [0.1, 0.15) is 0 Å². The van der Waals surface area contributed by atoms with E-state index < -0.39 is 0 Å². The molecule has 6 heteroatoms. The quantitative estimate of drug-likeness (QED) is 0.941. The van der Waals surface area contributed by atoms with Gasteiger partial charge in [0.2, 0.25) is 5.91 Å². The van der Waals surface area contributed by atoms with Gasteiger partial charge in [-0.15, -0.1) is 0 Å². The van der Waals surface area contributed by atoms with Crippen molar-refractivity contribution in [3.63, 3.8) is 0 Å². The first-order valence-electron chi connectivity index (χ1n) is 7.30. The maximum Gasteiger partial charge on any atom is 0.252 e. The van der Waals surface area contributed by atoms with Gasteiger partial charge in [0, 0.05) is 36.7 Å². The SMILES string of the molecule is O=C(NCCC(=O)N1CCCc2ncccc21)c1ccsc1. The largest absolute Gasteiger partial charge is 0.351 e. The molecular weight excluding hydrogens is 298 g/mol. The number of hydrogen-bond acceptors (Lipinski definition) is 4. The van der Waals surface area contributed by atoms with Crippen LogP contribution in [-0.4, -0.2) is 29.9 Å². The number of amides is 2. The highest BCUT2D eigenvalue weighted by molar-refractivity contribution is 7.08. The Kier molecular flexibility index (Phi) is 4.48. The molecule has 114 valence electrons. The van der Waals surface area contributed by atoms with E-state index in [1.54, 1.807) is 22.5 Å². The van der Waals surface area contributed by atoms with Crippen LogP contribution in [0.4, 0.5) is 5.69 Å². The van der Waals surface area contributed by atoms with Gasteiger partial charge < -0.3 is 10.2 Å². The van der Waals surface area contributed by atoms with E-state index >= 15 is 0 Å². The second-order valence-corrected chi connectivity index (χ2v) is 5.92. The second-order valence-electron chi connectivity index (χ2n) is 5.14. The van der Waals surface area contributed by atoms with Crippen LogP contribution in [0, 0.1) is 0 Å². The van der Waals surface area contributed by atoms with Gasteiger partial charge in [0.05, 0.1) is 11.4 Å². The molecule has 0 radical (unpaired) electrons. The fourth-order valence-electron chi connectivity index (χ4n) is 2.57. The van der Waals surface area contributed by atoms with Crippen LogP contribution in [0.3, 0.4) is 0 Å². The molecule has 3 heterocycles. The predicted molar refractivity (Wildman–Crippen MR) is 86.2 cm³/mol. The van der Waals surface area contributed by atoms with Crippen LogP contribution >= 0.6 is 11.3 Å². The van der Waals surface area contributed by atoms with Gasteiger partial charge in [0.15, 0.2) is 0 Å². The highest BCUT2D eigenvalue weighted by atomic mass is 32.1. The average Bonchev–Trinajstić information content (AvgIpc) is 3.08. The van der Waals surface area contributed by atoms with Gasteiger partial charge in [-0.05, 0) is 36.4 Å². The van der Waals surface area contributed by atoms with Crippen LogP contribution in [0.25, 0.3) is 0 Å².